The van der Waals surface area contributed by atoms with Crippen molar-refractivity contribution in [2.24, 2.45) is 5.10 Å². The third-order valence-corrected chi connectivity index (χ3v) is 7.37. The molecule has 0 radical (unpaired) electrons. The molecule has 0 spiro atoms. The summed E-state index contributed by atoms with van der Waals surface area (Å²) in [4.78, 5) is 22.8. The standard InChI is InChI=1S/C19H14N4O2S3/c24-17(10-28-19-18-12(5-8-27-18)20-11-21-19)23-14(16-4-2-7-26-16)9-13(22-23)15-3-1-6-25-15/h1-8,11,14H,9-10H2/t14-/m1/s1. The van der Waals surface area contributed by atoms with Gasteiger partial charge in [0.05, 0.1) is 28.3 Å². The topological polar surface area (TPSA) is 71.6 Å². The van der Waals surface area contributed by atoms with E-state index in [2.05, 4.69) is 15.1 Å². The first-order valence-electron chi connectivity index (χ1n) is 8.57. The Bertz CT molecular complexity index is 1140. The lowest BCUT2D eigenvalue weighted by Crippen LogP contribution is -2.28. The van der Waals surface area contributed by atoms with Crippen LogP contribution in [-0.4, -0.2) is 32.3 Å². The number of fused-ring (bicyclic) bond motifs is 1. The third kappa shape index (κ3) is 3.25. The molecule has 5 rings (SSSR count). The summed E-state index contributed by atoms with van der Waals surface area (Å²) in [6.07, 6.45) is 3.81. The minimum atomic E-state index is -0.0969. The van der Waals surface area contributed by atoms with Gasteiger partial charge in [0.25, 0.3) is 5.91 Å². The highest BCUT2D eigenvalue weighted by Gasteiger charge is 2.34. The first-order chi connectivity index (χ1) is 13.8. The van der Waals surface area contributed by atoms with Crippen molar-refractivity contribution in [3.05, 3.63) is 64.3 Å². The van der Waals surface area contributed by atoms with Crippen LogP contribution in [0.15, 0.2) is 68.2 Å². The maximum Gasteiger partial charge on any atom is 0.253 e. The minimum Gasteiger partial charge on any atom is -0.463 e. The number of hydrogen-bond acceptors (Lipinski definition) is 8. The molecule has 0 aliphatic carbocycles. The van der Waals surface area contributed by atoms with Gasteiger partial charge >= 0.3 is 0 Å². The van der Waals surface area contributed by atoms with Crippen LogP contribution in [0.2, 0.25) is 0 Å². The Balaban J connectivity index is 1.38. The van der Waals surface area contributed by atoms with Crippen LogP contribution in [0.1, 0.15) is 23.1 Å². The second kappa shape index (κ2) is 7.50. The molecule has 4 aromatic rings. The second-order valence-corrected chi connectivity index (χ2v) is 8.96. The molecule has 0 aromatic carbocycles. The second-order valence-electron chi connectivity index (χ2n) is 6.10. The fraction of sp³-hybridized carbons (Fsp3) is 0.158. The van der Waals surface area contributed by atoms with E-state index in [-0.39, 0.29) is 17.7 Å². The summed E-state index contributed by atoms with van der Waals surface area (Å²) in [5.74, 6) is 0.926. The van der Waals surface area contributed by atoms with Gasteiger partial charge in [-0.2, -0.15) is 5.10 Å². The lowest BCUT2D eigenvalue weighted by Gasteiger charge is -2.20. The molecule has 1 aliphatic heterocycles. The van der Waals surface area contributed by atoms with Gasteiger partial charge in [0.2, 0.25) is 0 Å². The van der Waals surface area contributed by atoms with Crippen molar-refractivity contribution in [2.75, 3.05) is 5.75 Å². The van der Waals surface area contributed by atoms with Crippen LogP contribution < -0.4 is 0 Å². The molecule has 9 heteroatoms. The minimum absolute atomic E-state index is 0.0479. The van der Waals surface area contributed by atoms with Crippen molar-refractivity contribution < 1.29 is 9.21 Å². The Hall–Kier alpha value is -2.49. The fourth-order valence-electron chi connectivity index (χ4n) is 3.10. The number of aromatic nitrogens is 2. The highest BCUT2D eigenvalue weighted by Crippen LogP contribution is 2.36. The molecule has 1 aliphatic rings. The lowest BCUT2D eigenvalue weighted by atomic mass is 10.1. The van der Waals surface area contributed by atoms with Crippen molar-refractivity contribution in [3.8, 4) is 0 Å². The van der Waals surface area contributed by atoms with Crippen LogP contribution in [0, 0.1) is 0 Å². The van der Waals surface area contributed by atoms with E-state index in [9.17, 15) is 4.79 Å². The number of nitrogens with zero attached hydrogens (tertiary/aromatic N) is 4. The predicted octanol–water partition coefficient (Wildman–Crippen LogP) is 4.82. The van der Waals surface area contributed by atoms with Crippen LogP contribution >= 0.6 is 34.4 Å². The molecular weight excluding hydrogens is 412 g/mol. The molecule has 0 saturated heterocycles. The van der Waals surface area contributed by atoms with Gasteiger partial charge in [-0.3, -0.25) is 4.79 Å². The molecule has 0 fully saturated rings. The van der Waals surface area contributed by atoms with E-state index in [0.29, 0.717) is 12.2 Å². The van der Waals surface area contributed by atoms with Gasteiger partial charge in [-0.25, -0.2) is 15.0 Å². The van der Waals surface area contributed by atoms with Crippen LogP contribution in [0.3, 0.4) is 0 Å². The van der Waals surface area contributed by atoms with E-state index < -0.39 is 0 Å². The number of hydrazone groups is 1. The van der Waals surface area contributed by atoms with Gasteiger partial charge in [-0.15, -0.1) is 22.7 Å². The smallest absolute Gasteiger partial charge is 0.253 e. The summed E-state index contributed by atoms with van der Waals surface area (Å²) in [6, 6.07) is 9.61. The third-order valence-electron chi connectivity index (χ3n) is 4.39. The largest absolute Gasteiger partial charge is 0.463 e. The van der Waals surface area contributed by atoms with Gasteiger partial charge < -0.3 is 4.42 Å². The summed E-state index contributed by atoms with van der Waals surface area (Å²) in [5, 5.41) is 11.0. The Kier molecular flexibility index (Phi) is 4.71. The zero-order chi connectivity index (χ0) is 18.9. The molecule has 1 amide bonds. The van der Waals surface area contributed by atoms with Crippen LogP contribution in [-0.2, 0) is 4.79 Å². The Morgan fingerprint density at radius 1 is 1.21 bits per heavy atom. The number of thiophene rings is 2. The summed E-state index contributed by atoms with van der Waals surface area (Å²) >= 11 is 4.65. The molecule has 28 heavy (non-hydrogen) atoms. The van der Waals surface area contributed by atoms with Crippen molar-refractivity contribution >= 4 is 56.3 Å². The zero-order valence-corrected chi connectivity index (χ0v) is 17.0. The molecule has 1 atom stereocenters. The summed E-state index contributed by atoms with van der Waals surface area (Å²) < 4.78 is 6.50. The first kappa shape index (κ1) is 17.6. The average molecular weight is 427 g/mol. The van der Waals surface area contributed by atoms with Gasteiger partial charge in [0.1, 0.15) is 22.8 Å². The molecule has 6 nitrogen and oxygen atoms in total. The number of carbonyl (C=O) groups excluding carboxylic acids is 1. The highest BCUT2D eigenvalue weighted by atomic mass is 32.2. The van der Waals surface area contributed by atoms with E-state index in [4.69, 9.17) is 4.42 Å². The number of furan rings is 1. The average Bonchev–Trinajstić information content (AvgIpc) is 3.49. The molecule has 0 bridgehead atoms. The van der Waals surface area contributed by atoms with Gasteiger partial charge in [-0.05, 0) is 35.0 Å². The number of rotatable bonds is 5. The van der Waals surface area contributed by atoms with E-state index in [1.807, 2.05) is 41.1 Å². The Morgan fingerprint density at radius 3 is 3.00 bits per heavy atom. The molecule has 4 aromatic heterocycles. The van der Waals surface area contributed by atoms with E-state index in [1.165, 1.54) is 11.8 Å². The number of thioether (sulfide) groups is 1. The lowest BCUT2D eigenvalue weighted by molar-refractivity contribution is -0.130. The van der Waals surface area contributed by atoms with Crippen molar-refractivity contribution in [2.45, 2.75) is 17.5 Å². The molecule has 0 N–H and O–H groups in total. The van der Waals surface area contributed by atoms with Gasteiger partial charge in [0.15, 0.2) is 0 Å². The van der Waals surface area contributed by atoms with Crippen molar-refractivity contribution in [1.29, 1.82) is 0 Å². The Morgan fingerprint density at radius 2 is 2.18 bits per heavy atom. The number of carbonyl (C=O) groups is 1. The summed E-state index contributed by atoms with van der Waals surface area (Å²) in [7, 11) is 0. The van der Waals surface area contributed by atoms with Gasteiger partial charge in [-0.1, -0.05) is 17.8 Å². The first-order valence-corrected chi connectivity index (χ1v) is 11.3. The normalized spacial score (nSPS) is 16.6. The zero-order valence-electron chi connectivity index (χ0n) is 14.5. The fourth-order valence-corrected chi connectivity index (χ4v) is 5.71. The van der Waals surface area contributed by atoms with Crippen LogP contribution in [0.4, 0.5) is 0 Å². The number of hydrogen-bond donors (Lipinski definition) is 0. The van der Waals surface area contributed by atoms with Crippen LogP contribution in [0.5, 0.6) is 0 Å². The number of amides is 1. The van der Waals surface area contributed by atoms with E-state index >= 15 is 0 Å². The van der Waals surface area contributed by atoms with E-state index in [1.54, 1.807) is 40.3 Å². The predicted molar refractivity (Wildman–Crippen MR) is 112 cm³/mol. The maximum absolute atomic E-state index is 13.0. The van der Waals surface area contributed by atoms with Gasteiger partial charge in [0, 0.05) is 11.3 Å². The summed E-state index contributed by atoms with van der Waals surface area (Å²) in [6.45, 7) is 0. The molecule has 140 valence electrons. The molecule has 0 unspecified atom stereocenters. The quantitative estimate of drug-likeness (QED) is 0.338. The van der Waals surface area contributed by atoms with Crippen LogP contribution in [0.25, 0.3) is 10.2 Å². The highest BCUT2D eigenvalue weighted by molar-refractivity contribution is 8.00. The van der Waals surface area contributed by atoms with E-state index in [0.717, 1.165) is 25.8 Å². The van der Waals surface area contributed by atoms with Crippen molar-refractivity contribution in [3.63, 3.8) is 0 Å². The van der Waals surface area contributed by atoms with Crippen molar-refractivity contribution in [1.82, 2.24) is 15.0 Å². The molecular formula is C19H14N4O2S3. The summed E-state index contributed by atoms with van der Waals surface area (Å²) in [5.41, 5.74) is 1.70. The monoisotopic (exact) mass is 426 g/mol. The SMILES string of the molecule is O=C(CSc1ncnc2ccsc12)N1N=C(c2ccco2)C[C@@H]1c1cccs1. The molecule has 0 saturated carbocycles. The molecule has 5 heterocycles. The Labute approximate surface area is 172 Å². The maximum atomic E-state index is 13.0.